The van der Waals surface area contributed by atoms with Crippen LogP contribution in [0.3, 0.4) is 0 Å². The molecule has 0 radical (unpaired) electrons. The van der Waals surface area contributed by atoms with Gasteiger partial charge in [-0.25, -0.2) is 4.72 Å². The molecule has 1 saturated heterocycles. The Hall–Kier alpha value is -2.49. The first kappa shape index (κ1) is 26.1. The van der Waals surface area contributed by atoms with Crippen molar-refractivity contribution in [1.29, 1.82) is 0 Å². The van der Waals surface area contributed by atoms with Gasteiger partial charge >= 0.3 is 10.3 Å². The molecule has 1 amide bonds. The van der Waals surface area contributed by atoms with E-state index in [1.807, 2.05) is 44.2 Å². The van der Waals surface area contributed by atoms with Crippen molar-refractivity contribution in [2.45, 2.75) is 63.7 Å². The van der Waals surface area contributed by atoms with Gasteiger partial charge < -0.3 is 20.7 Å². The second kappa shape index (κ2) is 11.3. The van der Waals surface area contributed by atoms with Crippen LogP contribution in [-0.4, -0.2) is 81.8 Å². The summed E-state index contributed by atoms with van der Waals surface area (Å²) in [6.45, 7) is 3.33. The Kier molecular flexibility index (Phi) is 8.67. The zero-order chi connectivity index (χ0) is 24.9. The number of hydrogen-bond acceptors (Lipinski definition) is 11. The van der Waals surface area contributed by atoms with Crippen LogP contribution in [0.15, 0.2) is 30.3 Å². The summed E-state index contributed by atoms with van der Waals surface area (Å²) in [5, 5.41) is 32.8. The fourth-order valence-electron chi connectivity index (χ4n) is 3.49. The van der Waals surface area contributed by atoms with Crippen molar-refractivity contribution >= 4 is 16.2 Å². The van der Waals surface area contributed by atoms with Crippen LogP contribution in [0.5, 0.6) is 0 Å². The number of carbonyl (C=O) groups is 1. The summed E-state index contributed by atoms with van der Waals surface area (Å²) in [6.07, 6.45) is -4.07. The molecule has 0 aliphatic carbocycles. The third-order valence-corrected chi connectivity index (χ3v) is 6.13. The maximum atomic E-state index is 12.1. The fraction of sp³-hybridized carbons (Fsp3) is 0.600. The third-order valence-electron chi connectivity index (χ3n) is 5.23. The average Bonchev–Trinajstić information content (AvgIpc) is 3.36. The molecule has 2 aromatic rings. The molecule has 0 saturated carbocycles. The second-order valence-corrected chi connectivity index (χ2v) is 9.85. The summed E-state index contributed by atoms with van der Waals surface area (Å²) < 4.78 is 36.2. The first-order valence-electron chi connectivity index (χ1n) is 10.9. The van der Waals surface area contributed by atoms with Gasteiger partial charge in [-0.2, -0.15) is 13.2 Å². The van der Waals surface area contributed by atoms with Crippen LogP contribution in [0, 0.1) is 5.92 Å². The first-order valence-corrected chi connectivity index (χ1v) is 12.3. The number of benzene rings is 1. The van der Waals surface area contributed by atoms with E-state index in [0.29, 0.717) is 12.2 Å². The van der Waals surface area contributed by atoms with Crippen molar-refractivity contribution in [3.05, 3.63) is 30.3 Å². The predicted octanol–water partition coefficient (Wildman–Crippen LogP) is -1.03. The van der Waals surface area contributed by atoms with Crippen molar-refractivity contribution in [2.75, 3.05) is 6.61 Å². The SMILES string of the molecule is CC(C)C[C@H](N)C(=O)NS(=O)(=O)OC[C@H]1O[C@@H](CCn2nnc(-c3ccccc3)n2)[C@H](O)[C@@H]1O. The maximum absolute atomic E-state index is 12.1. The number of hydrogen-bond donors (Lipinski definition) is 4. The summed E-state index contributed by atoms with van der Waals surface area (Å²) in [6, 6.07) is 8.27. The van der Waals surface area contributed by atoms with Crippen LogP contribution in [0.1, 0.15) is 26.7 Å². The Morgan fingerprint density at radius 1 is 1.24 bits per heavy atom. The lowest BCUT2D eigenvalue weighted by molar-refractivity contribution is -0.121. The van der Waals surface area contributed by atoms with Crippen molar-refractivity contribution in [2.24, 2.45) is 11.7 Å². The molecule has 0 unspecified atom stereocenters. The monoisotopic (exact) mass is 498 g/mol. The molecule has 3 rings (SSSR count). The van der Waals surface area contributed by atoms with Gasteiger partial charge in [0.15, 0.2) is 0 Å². The molecule has 2 heterocycles. The summed E-state index contributed by atoms with van der Waals surface area (Å²) in [4.78, 5) is 13.3. The molecule has 5 atom stereocenters. The summed E-state index contributed by atoms with van der Waals surface area (Å²) in [5.74, 6) is -0.350. The summed E-state index contributed by atoms with van der Waals surface area (Å²) in [5.41, 5.74) is 6.47. The highest BCUT2D eigenvalue weighted by Crippen LogP contribution is 2.25. The molecule has 188 valence electrons. The number of ether oxygens (including phenoxy) is 1. The van der Waals surface area contributed by atoms with E-state index in [1.165, 1.54) is 4.80 Å². The lowest BCUT2D eigenvalue weighted by atomic mass is 10.0. The number of aliphatic hydroxyl groups excluding tert-OH is 2. The third kappa shape index (κ3) is 7.01. The molecule has 1 aromatic heterocycles. The number of amides is 1. The Balaban J connectivity index is 1.49. The van der Waals surface area contributed by atoms with Gasteiger partial charge in [0.1, 0.15) is 18.3 Å². The molecule has 1 fully saturated rings. The molecule has 1 aromatic carbocycles. The van der Waals surface area contributed by atoms with Crippen LogP contribution < -0.4 is 10.5 Å². The minimum Gasteiger partial charge on any atom is -0.388 e. The smallest absolute Gasteiger partial charge is 0.362 e. The van der Waals surface area contributed by atoms with Crippen molar-refractivity contribution < 1.29 is 32.3 Å². The van der Waals surface area contributed by atoms with Crippen LogP contribution in [0.2, 0.25) is 0 Å². The largest absolute Gasteiger partial charge is 0.388 e. The molecule has 34 heavy (non-hydrogen) atoms. The normalized spacial score (nSPS) is 23.8. The first-order chi connectivity index (χ1) is 16.1. The molecule has 0 spiro atoms. The highest BCUT2D eigenvalue weighted by atomic mass is 32.2. The highest BCUT2D eigenvalue weighted by molar-refractivity contribution is 7.85. The maximum Gasteiger partial charge on any atom is 0.362 e. The van der Waals surface area contributed by atoms with Crippen LogP contribution >= 0.6 is 0 Å². The van der Waals surface area contributed by atoms with Crippen molar-refractivity contribution in [3.8, 4) is 11.4 Å². The van der Waals surface area contributed by atoms with E-state index < -0.39 is 53.3 Å². The number of carbonyl (C=O) groups excluding carboxylic acids is 1. The van der Waals surface area contributed by atoms with Gasteiger partial charge in [0, 0.05) is 5.56 Å². The van der Waals surface area contributed by atoms with Gasteiger partial charge in [-0.15, -0.1) is 10.2 Å². The Bertz CT molecular complexity index is 1050. The van der Waals surface area contributed by atoms with E-state index in [2.05, 4.69) is 15.4 Å². The predicted molar refractivity (Wildman–Crippen MR) is 119 cm³/mol. The zero-order valence-electron chi connectivity index (χ0n) is 18.9. The van der Waals surface area contributed by atoms with E-state index in [0.717, 1.165) is 5.56 Å². The van der Waals surface area contributed by atoms with Gasteiger partial charge in [-0.05, 0) is 24.0 Å². The average molecular weight is 499 g/mol. The number of nitrogens with two attached hydrogens (primary N) is 1. The zero-order valence-corrected chi connectivity index (χ0v) is 19.7. The van der Waals surface area contributed by atoms with E-state index in [9.17, 15) is 23.4 Å². The number of tetrazole rings is 1. The number of rotatable bonds is 11. The quantitative estimate of drug-likeness (QED) is 0.296. The Morgan fingerprint density at radius 2 is 1.91 bits per heavy atom. The number of aromatic nitrogens is 4. The standard InChI is InChI=1S/C20H30N6O7S/c1-12(2)10-14(21)20(29)24-34(30,31)32-11-16-18(28)17(27)15(33-16)8-9-26-23-19(22-25-26)13-6-4-3-5-7-13/h3-7,12,14-18,27-28H,8-11,21H2,1-2H3,(H,24,29)/t14-,15-,16+,17-,18+/m0/s1. The molecular formula is C20H30N6O7S. The van der Waals surface area contributed by atoms with Gasteiger partial charge in [0.25, 0.3) is 5.91 Å². The molecule has 5 N–H and O–H groups in total. The minimum absolute atomic E-state index is 0.0995. The van der Waals surface area contributed by atoms with Gasteiger partial charge in [-0.3, -0.25) is 8.98 Å². The van der Waals surface area contributed by atoms with Gasteiger partial charge in [0.2, 0.25) is 5.82 Å². The van der Waals surface area contributed by atoms with E-state index >= 15 is 0 Å². The molecule has 13 nitrogen and oxygen atoms in total. The fourth-order valence-corrected chi connectivity index (χ4v) is 4.26. The number of nitrogens with zero attached hydrogens (tertiary/aromatic N) is 4. The molecule has 1 aliphatic heterocycles. The van der Waals surface area contributed by atoms with Crippen LogP contribution in [-0.2, 0) is 30.6 Å². The van der Waals surface area contributed by atoms with Gasteiger partial charge in [-0.1, -0.05) is 44.2 Å². The van der Waals surface area contributed by atoms with Crippen LogP contribution in [0.4, 0.5) is 0 Å². The van der Waals surface area contributed by atoms with E-state index in [1.54, 1.807) is 4.72 Å². The lowest BCUT2D eigenvalue weighted by Gasteiger charge is -2.16. The Morgan fingerprint density at radius 3 is 2.59 bits per heavy atom. The van der Waals surface area contributed by atoms with Gasteiger partial charge in [0.05, 0.1) is 25.3 Å². The van der Waals surface area contributed by atoms with E-state index in [-0.39, 0.29) is 18.9 Å². The molecular weight excluding hydrogens is 468 g/mol. The molecule has 1 aliphatic rings. The molecule has 0 bridgehead atoms. The topological polar surface area (TPSA) is 192 Å². The van der Waals surface area contributed by atoms with Crippen LogP contribution in [0.25, 0.3) is 11.4 Å². The van der Waals surface area contributed by atoms with Crippen molar-refractivity contribution in [1.82, 2.24) is 24.9 Å². The lowest BCUT2D eigenvalue weighted by Crippen LogP contribution is -2.45. The highest BCUT2D eigenvalue weighted by Gasteiger charge is 2.43. The number of aliphatic hydroxyl groups is 2. The summed E-state index contributed by atoms with van der Waals surface area (Å²) >= 11 is 0. The number of aryl methyl sites for hydroxylation is 1. The minimum atomic E-state index is -4.47. The van der Waals surface area contributed by atoms with E-state index in [4.69, 9.17) is 14.7 Å². The number of nitrogens with one attached hydrogen (secondary N) is 1. The van der Waals surface area contributed by atoms with Crippen molar-refractivity contribution in [3.63, 3.8) is 0 Å². The molecule has 14 heteroatoms. The summed E-state index contributed by atoms with van der Waals surface area (Å²) in [7, 11) is -4.47. The Labute approximate surface area is 197 Å². The second-order valence-electron chi connectivity index (χ2n) is 8.50.